The van der Waals surface area contributed by atoms with E-state index in [9.17, 15) is 14.4 Å². The van der Waals surface area contributed by atoms with Crippen molar-refractivity contribution in [2.45, 2.75) is 13.2 Å². The van der Waals surface area contributed by atoms with Gasteiger partial charge in [0.1, 0.15) is 12.4 Å². The number of carbonyl (C=O) groups excluding carboxylic acids is 3. The fourth-order valence-electron chi connectivity index (χ4n) is 3.27. The van der Waals surface area contributed by atoms with Gasteiger partial charge in [0.2, 0.25) is 5.76 Å². The van der Waals surface area contributed by atoms with Gasteiger partial charge in [-0.15, -0.1) is 0 Å². The molecule has 180 valence electrons. The second-order valence-corrected chi connectivity index (χ2v) is 9.26. The van der Waals surface area contributed by atoms with E-state index in [0.29, 0.717) is 27.7 Å². The first-order chi connectivity index (χ1) is 16.9. The minimum absolute atomic E-state index is 0.0711. The monoisotopic (exact) mass is 557 g/mol. The minimum Gasteiger partial charge on any atom is -0.493 e. The lowest BCUT2D eigenvalue weighted by atomic mass is 10.1. The van der Waals surface area contributed by atoms with Gasteiger partial charge in [-0.05, 0) is 65.4 Å². The van der Waals surface area contributed by atoms with E-state index in [1.807, 2.05) is 24.3 Å². The van der Waals surface area contributed by atoms with E-state index >= 15 is 0 Å². The summed E-state index contributed by atoms with van der Waals surface area (Å²) in [6, 6.07) is 15.7. The number of halogens is 1. The molecule has 0 unspecified atom stereocenters. The summed E-state index contributed by atoms with van der Waals surface area (Å²) in [5.74, 6) is 0.496. The quantitative estimate of drug-likeness (QED) is 0.259. The average Bonchev–Trinajstić information content (AvgIpc) is 3.44. The number of benzene rings is 2. The Morgan fingerprint density at radius 3 is 2.54 bits per heavy atom. The van der Waals surface area contributed by atoms with Crippen LogP contribution >= 0.6 is 27.7 Å². The van der Waals surface area contributed by atoms with Gasteiger partial charge < -0.3 is 18.6 Å². The van der Waals surface area contributed by atoms with Crippen molar-refractivity contribution in [1.29, 1.82) is 0 Å². The maximum Gasteiger partial charge on any atom is 0.373 e. The molecule has 8 nitrogen and oxygen atoms in total. The maximum absolute atomic E-state index is 12.9. The van der Waals surface area contributed by atoms with Gasteiger partial charge in [0.25, 0.3) is 11.1 Å². The molecule has 0 bridgehead atoms. The summed E-state index contributed by atoms with van der Waals surface area (Å²) in [5.41, 5.74) is 1.53. The highest BCUT2D eigenvalue weighted by Gasteiger charge is 2.35. The van der Waals surface area contributed by atoms with Crippen LogP contribution in [0, 0.1) is 0 Å². The first-order valence-electron chi connectivity index (χ1n) is 10.4. The van der Waals surface area contributed by atoms with Crippen molar-refractivity contribution < 1.29 is 33.0 Å². The second kappa shape index (κ2) is 10.8. The average molecular weight is 558 g/mol. The van der Waals surface area contributed by atoms with Crippen LogP contribution < -0.4 is 9.47 Å². The highest BCUT2D eigenvalue weighted by atomic mass is 79.9. The minimum atomic E-state index is -0.570. The molecule has 1 fully saturated rings. The Kier molecular flexibility index (Phi) is 7.62. The number of thioether (sulfide) groups is 1. The van der Waals surface area contributed by atoms with Crippen LogP contribution in [0.1, 0.15) is 27.4 Å². The molecule has 0 radical (unpaired) electrons. The number of hydrogen-bond donors (Lipinski definition) is 0. The third-order valence-electron chi connectivity index (χ3n) is 5.03. The highest BCUT2D eigenvalue weighted by molar-refractivity contribution is 9.10. The van der Waals surface area contributed by atoms with Gasteiger partial charge in [0, 0.05) is 4.47 Å². The smallest absolute Gasteiger partial charge is 0.373 e. The molecule has 2 amide bonds. The number of carbonyl (C=O) groups is 3. The Morgan fingerprint density at radius 2 is 1.83 bits per heavy atom. The van der Waals surface area contributed by atoms with Crippen molar-refractivity contribution in [3.05, 3.63) is 86.6 Å². The zero-order valence-electron chi connectivity index (χ0n) is 18.8. The lowest BCUT2D eigenvalue weighted by molar-refractivity contribution is -0.123. The van der Waals surface area contributed by atoms with Gasteiger partial charge in [-0.2, -0.15) is 0 Å². The van der Waals surface area contributed by atoms with Crippen LogP contribution in [-0.2, 0) is 22.7 Å². The van der Waals surface area contributed by atoms with Crippen LogP contribution in [-0.4, -0.2) is 36.2 Å². The van der Waals surface area contributed by atoms with E-state index in [1.165, 1.54) is 25.2 Å². The normalized spacial score (nSPS) is 14.5. The number of esters is 1. The Labute approximate surface area is 214 Å². The zero-order valence-corrected chi connectivity index (χ0v) is 21.2. The molecule has 35 heavy (non-hydrogen) atoms. The number of hydrogen-bond acceptors (Lipinski definition) is 8. The number of amides is 2. The van der Waals surface area contributed by atoms with E-state index in [2.05, 4.69) is 20.7 Å². The van der Waals surface area contributed by atoms with Crippen LogP contribution in [0.3, 0.4) is 0 Å². The predicted molar refractivity (Wildman–Crippen MR) is 133 cm³/mol. The predicted octanol–water partition coefficient (Wildman–Crippen LogP) is 5.65. The topological polar surface area (TPSA) is 95.3 Å². The molecule has 1 saturated heterocycles. The Hall–Kier alpha value is -3.50. The molecular weight excluding hydrogens is 538 g/mol. The summed E-state index contributed by atoms with van der Waals surface area (Å²) < 4.78 is 22.1. The van der Waals surface area contributed by atoms with Crippen molar-refractivity contribution in [1.82, 2.24) is 4.90 Å². The van der Waals surface area contributed by atoms with Crippen molar-refractivity contribution in [2.75, 3.05) is 14.2 Å². The summed E-state index contributed by atoms with van der Waals surface area (Å²) in [6.45, 7) is 0.275. The van der Waals surface area contributed by atoms with Crippen LogP contribution in [0.25, 0.3) is 6.08 Å². The van der Waals surface area contributed by atoms with Crippen LogP contribution in [0.4, 0.5) is 4.79 Å². The molecule has 1 aliphatic heterocycles. The molecule has 0 aliphatic carbocycles. The number of rotatable bonds is 8. The second-order valence-electron chi connectivity index (χ2n) is 7.35. The third-order valence-corrected chi connectivity index (χ3v) is 6.47. The molecule has 3 aromatic rings. The maximum atomic E-state index is 12.9. The van der Waals surface area contributed by atoms with E-state index in [0.717, 1.165) is 21.8 Å². The molecular formula is C25H20BrNO7S. The van der Waals surface area contributed by atoms with E-state index in [4.69, 9.17) is 13.9 Å². The molecule has 10 heteroatoms. The van der Waals surface area contributed by atoms with E-state index in [1.54, 1.807) is 30.3 Å². The number of methoxy groups -OCH3 is 2. The summed E-state index contributed by atoms with van der Waals surface area (Å²) in [4.78, 5) is 38.4. The van der Waals surface area contributed by atoms with Gasteiger partial charge in [-0.3, -0.25) is 14.5 Å². The molecule has 0 spiro atoms. The fourth-order valence-corrected chi connectivity index (χ4v) is 4.37. The Morgan fingerprint density at radius 1 is 1.06 bits per heavy atom. The molecule has 0 N–H and O–H groups in total. The SMILES string of the molecule is COC(=O)c1ccc(COc2ccc(/C=C3/SC(=O)N(Cc4ccc(Br)cc4)C3=O)cc2OC)o1. The largest absolute Gasteiger partial charge is 0.493 e. The number of imide groups is 1. The summed E-state index contributed by atoms with van der Waals surface area (Å²) in [7, 11) is 2.77. The zero-order chi connectivity index (χ0) is 24.9. The van der Waals surface area contributed by atoms with Crippen molar-refractivity contribution in [2.24, 2.45) is 0 Å². The van der Waals surface area contributed by atoms with Crippen molar-refractivity contribution in [3.63, 3.8) is 0 Å². The molecule has 1 aromatic heterocycles. The third kappa shape index (κ3) is 5.77. The standard InChI is InChI=1S/C25H20BrNO7S/c1-31-21-11-16(5-9-19(21)33-14-18-8-10-20(34-18)24(29)32-2)12-22-23(28)27(25(30)35-22)13-15-3-6-17(26)7-4-15/h3-12H,13-14H2,1-2H3/b22-12+. The summed E-state index contributed by atoms with van der Waals surface area (Å²) in [6.07, 6.45) is 1.65. The van der Waals surface area contributed by atoms with Gasteiger partial charge in [-0.1, -0.05) is 34.1 Å². The molecule has 0 saturated carbocycles. The van der Waals surface area contributed by atoms with Gasteiger partial charge in [-0.25, -0.2) is 4.79 Å². The van der Waals surface area contributed by atoms with E-state index < -0.39 is 5.97 Å². The molecule has 1 aliphatic rings. The van der Waals surface area contributed by atoms with Crippen molar-refractivity contribution in [3.8, 4) is 11.5 Å². The van der Waals surface area contributed by atoms with Gasteiger partial charge in [0.05, 0.1) is 25.7 Å². The highest BCUT2D eigenvalue weighted by Crippen LogP contribution is 2.35. The Bertz CT molecular complexity index is 1300. The molecule has 2 heterocycles. The van der Waals surface area contributed by atoms with Crippen molar-refractivity contribution >= 4 is 50.9 Å². The summed E-state index contributed by atoms with van der Waals surface area (Å²) >= 11 is 4.27. The van der Waals surface area contributed by atoms with Gasteiger partial charge in [0.15, 0.2) is 11.5 Å². The lowest BCUT2D eigenvalue weighted by Gasteiger charge is -2.12. The van der Waals surface area contributed by atoms with Gasteiger partial charge >= 0.3 is 5.97 Å². The first kappa shape index (κ1) is 24.6. The van der Waals surface area contributed by atoms with Crippen LogP contribution in [0.5, 0.6) is 11.5 Å². The molecule has 4 rings (SSSR count). The molecule has 2 aromatic carbocycles. The number of ether oxygens (including phenoxy) is 3. The Balaban J connectivity index is 1.45. The first-order valence-corrected chi connectivity index (χ1v) is 12.0. The summed E-state index contributed by atoms with van der Waals surface area (Å²) in [5, 5.41) is -0.319. The van der Waals surface area contributed by atoms with Crippen LogP contribution in [0.15, 0.2) is 68.4 Å². The molecule has 0 atom stereocenters. The lowest BCUT2D eigenvalue weighted by Crippen LogP contribution is -2.27. The van der Waals surface area contributed by atoms with E-state index in [-0.39, 0.29) is 30.1 Å². The number of furan rings is 1. The fraction of sp³-hybridized carbons (Fsp3) is 0.160. The van der Waals surface area contributed by atoms with Crippen LogP contribution in [0.2, 0.25) is 0 Å². The number of nitrogens with zero attached hydrogens (tertiary/aromatic N) is 1.